The fourth-order valence-electron chi connectivity index (χ4n) is 5.14. The third-order valence-electron chi connectivity index (χ3n) is 5.32. The van der Waals surface area contributed by atoms with Gasteiger partial charge in [0, 0.05) is 6.07 Å². The number of nitrogens with zero attached hydrogens (tertiary/aromatic N) is 2. The summed E-state index contributed by atoms with van der Waals surface area (Å²) in [6, 6.07) is 3.49. The Hall–Kier alpha value is -1.50. The molecule has 1 N–H and O–H groups in total. The Kier molecular flexibility index (Phi) is 1.90. The van der Waals surface area contributed by atoms with Crippen LogP contribution in [0.4, 0.5) is 0 Å². The number of H-pyrrole nitrogens is 1. The average Bonchev–Trinajstić information content (AvgIpc) is 2.69. The fourth-order valence-corrected chi connectivity index (χ4v) is 5.14. The number of hydrogen-bond acceptors (Lipinski definition) is 2. The van der Waals surface area contributed by atoms with Crippen molar-refractivity contribution in [3.8, 4) is 6.07 Å². The first-order valence-electron chi connectivity index (χ1n) is 6.91. The van der Waals surface area contributed by atoms with E-state index in [1.54, 1.807) is 4.68 Å². The normalized spacial score (nSPS) is 40.9. The number of nitriles is 1. The Morgan fingerprint density at radius 1 is 1.22 bits per heavy atom. The Bertz CT molecular complexity index is 554. The van der Waals surface area contributed by atoms with Crippen LogP contribution >= 0.6 is 0 Å². The summed E-state index contributed by atoms with van der Waals surface area (Å²) in [6.45, 7) is 0. The highest BCUT2D eigenvalue weighted by Crippen LogP contribution is 2.58. The molecule has 4 heteroatoms. The molecule has 0 radical (unpaired) electrons. The van der Waals surface area contributed by atoms with Crippen molar-refractivity contribution in [1.82, 2.24) is 9.78 Å². The molecule has 4 aliphatic rings. The highest BCUT2D eigenvalue weighted by atomic mass is 16.1. The summed E-state index contributed by atoms with van der Waals surface area (Å²) < 4.78 is 1.79. The van der Waals surface area contributed by atoms with E-state index in [0.717, 1.165) is 37.0 Å². The molecule has 0 amide bonds. The minimum atomic E-state index is -0.0199. The monoisotopic (exact) mass is 243 g/mol. The first-order valence-corrected chi connectivity index (χ1v) is 6.91. The van der Waals surface area contributed by atoms with Gasteiger partial charge in [-0.25, -0.2) is 4.68 Å². The van der Waals surface area contributed by atoms with Gasteiger partial charge in [0.05, 0.1) is 5.54 Å². The summed E-state index contributed by atoms with van der Waals surface area (Å²) in [7, 11) is 0. The van der Waals surface area contributed by atoms with Crippen molar-refractivity contribution in [2.45, 2.75) is 44.1 Å². The summed E-state index contributed by atoms with van der Waals surface area (Å²) >= 11 is 0. The molecule has 0 unspecified atom stereocenters. The molecular formula is C14H17N3O. The number of nitrogens with one attached hydrogen (secondary N) is 1. The minimum Gasteiger partial charge on any atom is -0.285 e. The van der Waals surface area contributed by atoms with Crippen LogP contribution in [0.15, 0.2) is 10.9 Å². The zero-order chi connectivity index (χ0) is 12.3. The Morgan fingerprint density at radius 2 is 1.78 bits per heavy atom. The van der Waals surface area contributed by atoms with E-state index < -0.39 is 0 Å². The summed E-state index contributed by atoms with van der Waals surface area (Å²) in [4.78, 5) is 12.1. The first kappa shape index (κ1) is 10.4. The molecule has 1 aromatic rings. The third kappa shape index (κ3) is 1.28. The summed E-state index contributed by atoms with van der Waals surface area (Å²) in [5, 5.41) is 12.0. The molecule has 4 bridgehead atoms. The summed E-state index contributed by atoms with van der Waals surface area (Å²) in [5.41, 5.74) is 0.380. The van der Waals surface area contributed by atoms with E-state index in [2.05, 4.69) is 5.10 Å². The van der Waals surface area contributed by atoms with Crippen LogP contribution < -0.4 is 5.56 Å². The van der Waals surface area contributed by atoms with Crippen molar-refractivity contribution in [3.05, 3.63) is 22.1 Å². The van der Waals surface area contributed by atoms with Crippen LogP contribution in [-0.4, -0.2) is 9.78 Å². The summed E-state index contributed by atoms with van der Waals surface area (Å²) in [5.74, 6) is 2.41. The van der Waals surface area contributed by atoms with Crippen molar-refractivity contribution < 1.29 is 0 Å². The SMILES string of the molecule is N#Cc1cc(=O)n(C23CC4CC(CC(C4)C2)C3)[nH]1. The smallest absolute Gasteiger partial charge is 0.268 e. The number of aromatic amines is 1. The highest BCUT2D eigenvalue weighted by Gasteiger charge is 2.52. The number of rotatable bonds is 1. The predicted octanol–water partition coefficient (Wildman–Crippen LogP) is 1.97. The lowest BCUT2D eigenvalue weighted by molar-refractivity contribution is -0.0510. The molecule has 0 atom stereocenters. The largest absolute Gasteiger partial charge is 0.285 e. The predicted molar refractivity (Wildman–Crippen MR) is 65.9 cm³/mol. The second kappa shape index (κ2) is 3.28. The second-order valence-electron chi connectivity index (χ2n) is 6.60. The Morgan fingerprint density at radius 3 is 2.22 bits per heavy atom. The molecule has 94 valence electrons. The first-order chi connectivity index (χ1) is 8.68. The van der Waals surface area contributed by atoms with Crippen molar-refractivity contribution >= 4 is 0 Å². The summed E-state index contributed by atoms with van der Waals surface area (Å²) in [6.07, 6.45) is 7.47. The van der Waals surface area contributed by atoms with Crippen LogP contribution in [0.25, 0.3) is 0 Å². The number of aromatic nitrogens is 2. The van der Waals surface area contributed by atoms with E-state index in [0.29, 0.717) is 5.69 Å². The standard InChI is InChI=1S/C14H17N3O/c15-8-12-4-13(18)17(16-12)14-5-9-1-10(6-14)3-11(2-9)7-14/h4,9-11,16H,1-3,5-7H2. The van der Waals surface area contributed by atoms with Crippen LogP contribution in [0, 0.1) is 29.1 Å². The van der Waals surface area contributed by atoms with Gasteiger partial charge < -0.3 is 0 Å². The third-order valence-corrected chi connectivity index (χ3v) is 5.32. The van der Waals surface area contributed by atoms with Gasteiger partial charge in [-0.05, 0) is 56.3 Å². The van der Waals surface area contributed by atoms with E-state index >= 15 is 0 Å². The highest BCUT2D eigenvalue weighted by molar-refractivity contribution is 5.18. The van der Waals surface area contributed by atoms with Gasteiger partial charge in [-0.3, -0.25) is 9.89 Å². The zero-order valence-corrected chi connectivity index (χ0v) is 10.4. The molecule has 18 heavy (non-hydrogen) atoms. The molecule has 4 aliphatic carbocycles. The molecule has 0 aliphatic heterocycles. The van der Waals surface area contributed by atoms with Gasteiger partial charge in [0.2, 0.25) is 0 Å². The molecule has 4 nitrogen and oxygen atoms in total. The van der Waals surface area contributed by atoms with E-state index in [-0.39, 0.29) is 11.1 Å². The fraction of sp³-hybridized carbons (Fsp3) is 0.714. The van der Waals surface area contributed by atoms with Crippen molar-refractivity contribution in [2.24, 2.45) is 17.8 Å². The van der Waals surface area contributed by atoms with Crippen LogP contribution in [0.1, 0.15) is 44.2 Å². The lowest BCUT2D eigenvalue weighted by atomic mass is 9.53. The van der Waals surface area contributed by atoms with Crippen LogP contribution in [0.3, 0.4) is 0 Å². The zero-order valence-electron chi connectivity index (χ0n) is 10.4. The van der Waals surface area contributed by atoms with Gasteiger partial charge in [-0.2, -0.15) is 5.26 Å². The maximum Gasteiger partial charge on any atom is 0.268 e. The van der Waals surface area contributed by atoms with Gasteiger partial charge in [0.1, 0.15) is 11.8 Å². The van der Waals surface area contributed by atoms with E-state index in [1.165, 1.54) is 25.3 Å². The maximum atomic E-state index is 12.1. The van der Waals surface area contributed by atoms with Crippen molar-refractivity contribution in [3.63, 3.8) is 0 Å². The van der Waals surface area contributed by atoms with Crippen molar-refractivity contribution in [2.75, 3.05) is 0 Å². The van der Waals surface area contributed by atoms with E-state index in [4.69, 9.17) is 5.26 Å². The molecule has 4 fully saturated rings. The Labute approximate surface area is 106 Å². The quantitative estimate of drug-likeness (QED) is 0.819. The Balaban J connectivity index is 1.81. The molecule has 4 saturated carbocycles. The van der Waals surface area contributed by atoms with Crippen LogP contribution in [0.5, 0.6) is 0 Å². The molecule has 5 rings (SSSR count). The topological polar surface area (TPSA) is 61.6 Å². The van der Waals surface area contributed by atoms with Gasteiger partial charge in [0.25, 0.3) is 5.56 Å². The molecular weight excluding hydrogens is 226 g/mol. The van der Waals surface area contributed by atoms with Gasteiger partial charge in [-0.15, -0.1) is 0 Å². The van der Waals surface area contributed by atoms with Gasteiger partial charge >= 0.3 is 0 Å². The van der Waals surface area contributed by atoms with Crippen molar-refractivity contribution in [1.29, 1.82) is 5.26 Å². The lowest BCUT2D eigenvalue weighted by Gasteiger charge is -2.56. The second-order valence-corrected chi connectivity index (χ2v) is 6.60. The van der Waals surface area contributed by atoms with Gasteiger partial charge in [0.15, 0.2) is 0 Å². The molecule has 0 spiro atoms. The maximum absolute atomic E-state index is 12.1. The van der Waals surface area contributed by atoms with Crippen LogP contribution in [-0.2, 0) is 5.54 Å². The molecule has 1 heterocycles. The van der Waals surface area contributed by atoms with Crippen LogP contribution in [0.2, 0.25) is 0 Å². The molecule has 1 aromatic heterocycles. The van der Waals surface area contributed by atoms with E-state index in [1.807, 2.05) is 6.07 Å². The lowest BCUT2D eigenvalue weighted by Crippen LogP contribution is -2.54. The van der Waals surface area contributed by atoms with Gasteiger partial charge in [-0.1, -0.05) is 0 Å². The molecule has 0 saturated heterocycles. The number of hydrogen-bond donors (Lipinski definition) is 1. The van der Waals surface area contributed by atoms with E-state index in [9.17, 15) is 4.79 Å². The molecule has 0 aromatic carbocycles. The minimum absolute atomic E-state index is 0.000926. The average molecular weight is 243 g/mol.